The van der Waals surface area contributed by atoms with E-state index >= 15 is 0 Å². The molecule has 2 aliphatic heterocycles. The van der Waals surface area contributed by atoms with Gasteiger partial charge in [-0.2, -0.15) is 22.1 Å². The second-order valence-corrected chi connectivity index (χ2v) is 11.3. The number of hydrogen-bond donors (Lipinski definition) is 1. The molecule has 3 heterocycles. The van der Waals surface area contributed by atoms with Crippen LogP contribution in [0.1, 0.15) is 45.0 Å². The van der Waals surface area contributed by atoms with E-state index in [1.165, 1.54) is 0 Å². The van der Waals surface area contributed by atoms with E-state index in [1.807, 2.05) is 13.8 Å². The molecule has 0 bridgehead atoms. The monoisotopic (exact) mass is 487 g/mol. The summed E-state index contributed by atoms with van der Waals surface area (Å²) < 4.78 is 39.5. The van der Waals surface area contributed by atoms with Gasteiger partial charge in [0.15, 0.2) is 4.77 Å². The smallest absolute Gasteiger partial charge is 0.282 e. The Kier molecular flexibility index (Phi) is 7.03. The molecule has 3 fully saturated rings. The minimum absolute atomic E-state index is 0.109. The summed E-state index contributed by atoms with van der Waals surface area (Å²) in [5.74, 6) is 0.447. The van der Waals surface area contributed by atoms with E-state index in [1.54, 1.807) is 13.3 Å². The Balaban J connectivity index is 1.38. The highest BCUT2D eigenvalue weighted by atomic mass is 32.2. The zero-order valence-electron chi connectivity index (χ0n) is 18.7. The van der Waals surface area contributed by atoms with Crippen molar-refractivity contribution in [1.29, 1.82) is 0 Å². The zero-order valence-corrected chi connectivity index (χ0v) is 20.4. The van der Waals surface area contributed by atoms with Crippen LogP contribution in [0.15, 0.2) is 0 Å². The Morgan fingerprint density at radius 1 is 1.12 bits per heavy atom. The maximum atomic E-state index is 13.1. The summed E-state index contributed by atoms with van der Waals surface area (Å²) in [7, 11) is -3.51. The van der Waals surface area contributed by atoms with Gasteiger partial charge in [-0.25, -0.2) is 4.68 Å². The second-order valence-electron chi connectivity index (χ2n) is 9.01. The van der Waals surface area contributed by atoms with Gasteiger partial charge in [-0.1, -0.05) is 0 Å². The van der Waals surface area contributed by atoms with Gasteiger partial charge >= 0.3 is 0 Å². The van der Waals surface area contributed by atoms with Gasteiger partial charge in [-0.15, -0.1) is 0 Å². The van der Waals surface area contributed by atoms with Gasteiger partial charge in [0, 0.05) is 58.2 Å². The predicted octanol–water partition coefficient (Wildman–Crippen LogP) is 0.0960. The molecule has 1 saturated carbocycles. The zero-order chi connectivity index (χ0) is 23.0. The molecule has 2 saturated heterocycles. The highest BCUT2D eigenvalue weighted by Gasteiger charge is 2.37. The quantitative estimate of drug-likeness (QED) is 0.517. The lowest BCUT2D eigenvalue weighted by Gasteiger charge is -2.40. The van der Waals surface area contributed by atoms with E-state index < -0.39 is 10.2 Å². The summed E-state index contributed by atoms with van der Waals surface area (Å²) in [6.07, 6.45) is 2.64. The lowest BCUT2D eigenvalue weighted by atomic mass is 10.3. The number of rotatable bonds is 8. The molecule has 0 radical (unpaired) electrons. The molecule has 32 heavy (non-hydrogen) atoms. The number of nitrogens with two attached hydrogens (primary N) is 1. The maximum absolute atomic E-state index is 13.1. The highest BCUT2D eigenvalue weighted by molar-refractivity contribution is 7.86. The number of hydrogen-bond acceptors (Lipinski definition) is 7. The third-order valence-corrected chi connectivity index (χ3v) is 8.53. The molecule has 2 unspecified atom stereocenters. The molecule has 4 rings (SSSR count). The third kappa shape index (κ3) is 5.23. The van der Waals surface area contributed by atoms with E-state index in [-0.39, 0.29) is 24.5 Å². The molecule has 2 N–H and O–H groups in total. The van der Waals surface area contributed by atoms with E-state index in [2.05, 4.69) is 14.6 Å². The van der Waals surface area contributed by atoms with E-state index in [0.717, 1.165) is 18.7 Å². The van der Waals surface area contributed by atoms with Crippen molar-refractivity contribution in [2.45, 2.75) is 64.4 Å². The SMILES string of the molecule is CC1CN(S(=O)(=O)N2CCN(Cn3nc(CCC(N)=O)n(C4CC4)c3=S)CC2)CC(C)O1. The predicted molar refractivity (Wildman–Crippen MR) is 120 cm³/mol. The van der Waals surface area contributed by atoms with Crippen molar-refractivity contribution < 1.29 is 17.9 Å². The molecule has 11 nitrogen and oxygen atoms in total. The fourth-order valence-corrected chi connectivity index (χ4v) is 6.54. The summed E-state index contributed by atoms with van der Waals surface area (Å²) in [5.41, 5.74) is 5.31. The Bertz CT molecular complexity index is 986. The Morgan fingerprint density at radius 2 is 1.75 bits per heavy atom. The summed E-state index contributed by atoms with van der Waals surface area (Å²) >= 11 is 5.66. The first kappa shape index (κ1) is 23.8. The molecule has 13 heteroatoms. The number of aromatic nitrogens is 3. The Labute approximate surface area is 194 Å². The van der Waals surface area contributed by atoms with Crippen molar-refractivity contribution in [3.63, 3.8) is 0 Å². The maximum Gasteiger partial charge on any atom is 0.282 e. The van der Waals surface area contributed by atoms with Gasteiger partial charge in [-0.3, -0.25) is 9.69 Å². The van der Waals surface area contributed by atoms with Gasteiger partial charge < -0.3 is 15.0 Å². The topological polar surface area (TPSA) is 119 Å². The molecule has 0 aromatic carbocycles. The first-order chi connectivity index (χ1) is 15.1. The minimum atomic E-state index is -3.51. The first-order valence-corrected chi connectivity index (χ1v) is 13.0. The van der Waals surface area contributed by atoms with Gasteiger partial charge in [-0.05, 0) is 38.9 Å². The molecular formula is C19H33N7O4S2. The average molecular weight is 488 g/mol. The van der Waals surface area contributed by atoms with Crippen molar-refractivity contribution in [2.24, 2.45) is 5.73 Å². The van der Waals surface area contributed by atoms with Crippen molar-refractivity contribution in [3.05, 3.63) is 10.6 Å². The fraction of sp³-hybridized carbons (Fsp3) is 0.842. The average Bonchev–Trinajstić information content (AvgIpc) is 3.51. The van der Waals surface area contributed by atoms with Crippen LogP contribution in [0.3, 0.4) is 0 Å². The van der Waals surface area contributed by atoms with Crippen LogP contribution >= 0.6 is 12.2 Å². The van der Waals surface area contributed by atoms with Crippen LogP contribution in [-0.4, -0.2) is 93.7 Å². The van der Waals surface area contributed by atoms with Gasteiger partial charge in [0.1, 0.15) is 5.82 Å². The van der Waals surface area contributed by atoms with Gasteiger partial charge in [0.05, 0.1) is 18.9 Å². The molecule has 1 aliphatic carbocycles. The number of aryl methyl sites for hydroxylation is 1. The summed E-state index contributed by atoms with van der Waals surface area (Å²) in [4.78, 5) is 13.4. The molecule has 180 valence electrons. The van der Waals surface area contributed by atoms with E-state index in [0.29, 0.717) is 63.2 Å². The number of morpholine rings is 1. The van der Waals surface area contributed by atoms with Crippen molar-refractivity contribution >= 4 is 28.3 Å². The van der Waals surface area contributed by atoms with Crippen molar-refractivity contribution in [1.82, 2.24) is 27.9 Å². The molecule has 3 aliphatic rings. The number of carbonyl (C=O) groups is 1. The van der Waals surface area contributed by atoms with Crippen LogP contribution in [0, 0.1) is 4.77 Å². The summed E-state index contributed by atoms with van der Waals surface area (Å²) in [5, 5.41) is 4.67. The molecule has 1 amide bonds. The van der Waals surface area contributed by atoms with Crippen LogP contribution in [0.25, 0.3) is 0 Å². The van der Waals surface area contributed by atoms with Crippen molar-refractivity contribution in [3.8, 4) is 0 Å². The number of carbonyl (C=O) groups excluding carboxylic acids is 1. The number of ether oxygens (including phenoxy) is 1. The highest BCUT2D eigenvalue weighted by Crippen LogP contribution is 2.36. The lowest BCUT2D eigenvalue weighted by Crippen LogP contribution is -2.57. The van der Waals surface area contributed by atoms with Gasteiger partial charge in [0.2, 0.25) is 5.91 Å². The fourth-order valence-electron chi connectivity index (χ4n) is 4.44. The molecule has 2 atom stereocenters. The number of nitrogens with zero attached hydrogens (tertiary/aromatic N) is 6. The van der Waals surface area contributed by atoms with Crippen LogP contribution in [0.4, 0.5) is 0 Å². The molecule has 1 aromatic heterocycles. The van der Waals surface area contributed by atoms with E-state index in [4.69, 9.17) is 22.7 Å². The third-order valence-electron chi connectivity index (χ3n) is 6.15. The normalized spacial score (nSPS) is 26.4. The standard InChI is InChI=1S/C19H33N7O4S2/c1-14-11-24(12-15(2)30-14)32(28,29)23-9-7-22(8-10-23)13-25-19(31)26(16-3-4-16)18(21-25)6-5-17(20)27/h14-16H,3-13H2,1-2H3,(H2,20,27). The Morgan fingerprint density at radius 3 is 2.31 bits per heavy atom. The molecule has 0 spiro atoms. The largest absolute Gasteiger partial charge is 0.373 e. The second kappa shape index (κ2) is 9.47. The van der Waals surface area contributed by atoms with Crippen LogP contribution in [0.2, 0.25) is 0 Å². The van der Waals surface area contributed by atoms with Crippen LogP contribution in [0.5, 0.6) is 0 Å². The first-order valence-electron chi connectivity index (χ1n) is 11.2. The summed E-state index contributed by atoms with van der Waals surface area (Å²) in [6, 6.07) is 0.361. The van der Waals surface area contributed by atoms with Gasteiger partial charge in [0.25, 0.3) is 10.2 Å². The minimum Gasteiger partial charge on any atom is -0.373 e. The number of amides is 1. The lowest BCUT2D eigenvalue weighted by molar-refractivity contribution is -0.118. The number of piperazine rings is 1. The van der Waals surface area contributed by atoms with Crippen molar-refractivity contribution in [2.75, 3.05) is 39.3 Å². The van der Waals surface area contributed by atoms with Crippen LogP contribution in [-0.2, 0) is 32.8 Å². The van der Waals surface area contributed by atoms with Crippen LogP contribution < -0.4 is 5.73 Å². The Hall–Kier alpha value is -1.38. The molecular weight excluding hydrogens is 454 g/mol. The number of primary amides is 1. The van der Waals surface area contributed by atoms with E-state index in [9.17, 15) is 13.2 Å². The summed E-state index contributed by atoms with van der Waals surface area (Å²) in [6.45, 7) is 7.12. The molecule has 1 aromatic rings.